The first-order chi connectivity index (χ1) is 14.6. The smallest absolute Gasteiger partial charge is 0.274 e. The van der Waals surface area contributed by atoms with E-state index in [-0.39, 0.29) is 11.8 Å². The normalized spacial score (nSPS) is 17.4. The quantitative estimate of drug-likeness (QED) is 0.674. The van der Waals surface area contributed by atoms with Gasteiger partial charge in [0.15, 0.2) is 0 Å². The van der Waals surface area contributed by atoms with Crippen molar-refractivity contribution in [3.63, 3.8) is 0 Å². The van der Waals surface area contributed by atoms with Gasteiger partial charge in [0.2, 0.25) is 0 Å². The Kier molecular flexibility index (Phi) is 4.81. The lowest BCUT2D eigenvalue weighted by atomic mass is 9.72. The van der Waals surface area contributed by atoms with E-state index in [1.54, 1.807) is 12.4 Å². The van der Waals surface area contributed by atoms with Crippen LogP contribution in [0.25, 0.3) is 0 Å². The molecule has 1 N–H and O–H groups in total. The molecule has 1 unspecified atom stereocenters. The van der Waals surface area contributed by atoms with E-state index in [2.05, 4.69) is 37.6 Å². The predicted octanol–water partition coefficient (Wildman–Crippen LogP) is 3.98. The van der Waals surface area contributed by atoms with Crippen molar-refractivity contribution < 1.29 is 4.79 Å². The van der Waals surface area contributed by atoms with Crippen molar-refractivity contribution >= 4 is 11.6 Å². The summed E-state index contributed by atoms with van der Waals surface area (Å²) < 4.78 is 2.00. The Morgan fingerprint density at radius 2 is 2.00 bits per heavy atom. The fraction of sp³-hybridized carbons (Fsp3) is 0.435. The number of nitrogens with one attached hydrogen (secondary N) is 1. The van der Waals surface area contributed by atoms with E-state index in [1.165, 1.54) is 19.3 Å². The minimum Gasteiger partial charge on any atom is -0.321 e. The van der Waals surface area contributed by atoms with Crippen molar-refractivity contribution in [3.8, 4) is 0 Å². The number of benzene rings is 1. The van der Waals surface area contributed by atoms with Crippen LogP contribution < -0.4 is 5.32 Å². The Labute approximate surface area is 176 Å². The Morgan fingerprint density at radius 1 is 1.17 bits per heavy atom. The second-order valence-corrected chi connectivity index (χ2v) is 8.58. The van der Waals surface area contributed by atoms with Crippen molar-refractivity contribution in [3.05, 3.63) is 65.3 Å². The molecule has 5 rings (SSSR count). The minimum absolute atomic E-state index is 0.186. The molecular formula is C23H26N6O. The summed E-state index contributed by atoms with van der Waals surface area (Å²) in [6.07, 6.45) is 7.61. The van der Waals surface area contributed by atoms with E-state index in [1.807, 2.05) is 30.7 Å². The summed E-state index contributed by atoms with van der Waals surface area (Å²) in [5.41, 5.74) is 3.19. The molecule has 3 aromatic rings. The van der Waals surface area contributed by atoms with Crippen LogP contribution in [0.4, 0.5) is 5.69 Å². The summed E-state index contributed by atoms with van der Waals surface area (Å²) in [6, 6.07) is 9.85. The van der Waals surface area contributed by atoms with Gasteiger partial charge >= 0.3 is 0 Å². The van der Waals surface area contributed by atoms with Crippen molar-refractivity contribution in [2.75, 3.05) is 5.32 Å². The second kappa shape index (κ2) is 7.63. The maximum Gasteiger partial charge on any atom is 0.274 e. The molecule has 2 aliphatic rings. The molecular weight excluding hydrogens is 376 g/mol. The van der Waals surface area contributed by atoms with E-state index < -0.39 is 0 Å². The molecule has 2 aliphatic carbocycles. The third-order valence-electron chi connectivity index (χ3n) is 6.20. The molecule has 1 atom stereocenters. The Morgan fingerprint density at radius 3 is 2.67 bits per heavy atom. The van der Waals surface area contributed by atoms with Gasteiger partial charge in [0, 0.05) is 30.3 Å². The molecule has 7 nitrogen and oxygen atoms in total. The minimum atomic E-state index is -0.196. The van der Waals surface area contributed by atoms with Crippen molar-refractivity contribution in [2.24, 2.45) is 13.0 Å². The van der Waals surface area contributed by atoms with Gasteiger partial charge in [-0.05, 0) is 62.3 Å². The number of aryl methyl sites for hydroxylation is 2. The average Bonchev–Trinajstić information content (AvgIpc) is 3.46. The maximum atomic E-state index is 12.9. The molecule has 2 saturated carbocycles. The largest absolute Gasteiger partial charge is 0.321 e. The molecule has 2 fully saturated rings. The molecule has 1 amide bonds. The topological polar surface area (TPSA) is 85.6 Å². The van der Waals surface area contributed by atoms with Crippen LogP contribution in [-0.2, 0) is 7.05 Å². The summed E-state index contributed by atoms with van der Waals surface area (Å²) in [6.45, 7) is 1.91. The Balaban J connectivity index is 1.41. The molecule has 0 spiro atoms. The summed E-state index contributed by atoms with van der Waals surface area (Å²) in [7, 11) is 1.99. The molecule has 2 aromatic heterocycles. The van der Waals surface area contributed by atoms with Gasteiger partial charge in [-0.15, -0.1) is 10.2 Å². The fourth-order valence-electron chi connectivity index (χ4n) is 4.22. The number of hydrogen-bond donors (Lipinski definition) is 1. The van der Waals surface area contributed by atoms with Crippen molar-refractivity contribution in [1.82, 2.24) is 24.7 Å². The van der Waals surface area contributed by atoms with Gasteiger partial charge in [0.1, 0.15) is 23.7 Å². The fourth-order valence-corrected chi connectivity index (χ4v) is 4.22. The van der Waals surface area contributed by atoms with Crippen LogP contribution in [0, 0.1) is 12.8 Å². The van der Waals surface area contributed by atoms with Crippen LogP contribution >= 0.6 is 0 Å². The molecule has 30 heavy (non-hydrogen) atoms. The number of carbonyl (C=O) groups excluding carboxylic acids is 1. The third kappa shape index (κ3) is 3.72. The highest BCUT2D eigenvalue weighted by Gasteiger charge is 2.33. The highest BCUT2D eigenvalue weighted by Crippen LogP contribution is 2.43. The summed E-state index contributed by atoms with van der Waals surface area (Å²) in [5.74, 6) is 2.73. The van der Waals surface area contributed by atoms with Crippen LogP contribution in [0.3, 0.4) is 0 Å². The first kappa shape index (κ1) is 18.9. The summed E-state index contributed by atoms with van der Waals surface area (Å²) in [4.78, 5) is 21.9. The SMILES string of the molecule is Cc1cc(C(=O)Nc2cccc(C(c3nncn3C)C3CCC3)c2)nc(C2CC2)n1. The van der Waals surface area contributed by atoms with Gasteiger partial charge < -0.3 is 9.88 Å². The number of nitrogens with zero attached hydrogens (tertiary/aromatic N) is 5. The lowest BCUT2D eigenvalue weighted by molar-refractivity contribution is 0.102. The first-order valence-electron chi connectivity index (χ1n) is 10.7. The molecule has 1 aromatic carbocycles. The van der Waals surface area contributed by atoms with Crippen LogP contribution in [0.1, 0.15) is 77.3 Å². The molecule has 2 heterocycles. The second-order valence-electron chi connectivity index (χ2n) is 8.58. The van der Waals surface area contributed by atoms with Gasteiger partial charge in [-0.25, -0.2) is 9.97 Å². The van der Waals surface area contributed by atoms with Crippen LogP contribution in [0.15, 0.2) is 36.7 Å². The zero-order valence-electron chi connectivity index (χ0n) is 17.4. The predicted molar refractivity (Wildman–Crippen MR) is 113 cm³/mol. The highest BCUT2D eigenvalue weighted by atomic mass is 16.1. The van der Waals surface area contributed by atoms with E-state index in [0.29, 0.717) is 17.5 Å². The third-order valence-corrected chi connectivity index (χ3v) is 6.20. The monoisotopic (exact) mass is 402 g/mol. The van der Waals surface area contributed by atoms with E-state index in [0.717, 1.165) is 41.4 Å². The van der Waals surface area contributed by atoms with Gasteiger partial charge in [-0.2, -0.15) is 0 Å². The van der Waals surface area contributed by atoms with E-state index in [4.69, 9.17) is 0 Å². The summed E-state index contributed by atoms with van der Waals surface area (Å²) in [5, 5.41) is 11.5. The van der Waals surface area contributed by atoms with Crippen molar-refractivity contribution in [2.45, 2.75) is 50.9 Å². The zero-order valence-corrected chi connectivity index (χ0v) is 17.4. The van der Waals surface area contributed by atoms with Gasteiger partial charge in [-0.1, -0.05) is 18.6 Å². The summed E-state index contributed by atoms with van der Waals surface area (Å²) >= 11 is 0. The zero-order chi connectivity index (χ0) is 20.7. The van der Waals surface area contributed by atoms with Gasteiger partial charge in [-0.3, -0.25) is 4.79 Å². The number of aromatic nitrogens is 5. The number of anilines is 1. The molecule has 154 valence electrons. The van der Waals surface area contributed by atoms with Gasteiger partial charge in [0.25, 0.3) is 5.91 Å². The molecule has 0 aliphatic heterocycles. The lowest BCUT2D eigenvalue weighted by Crippen LogP contribution is -2.24. The standard InChI is InChI=1S/C23H26N6O/c1-14-11-19(27-21(25-14)16-9-10-16)23(30)26-18-8-4-7-17(12-18)20(15-5-3-6-15)22-28-24-13-29(22)2/h4,7-8,11-13,15-16,20H,3,5-6,9-10H2,1-2H3,(H,26,30). The molecule has 0 bridgehead atoms. The number of hydrogen-bond acceptors (Lipinski definition) is 5. The Hall–Kier alpha value is -3.09. The number of carbonyl (C=O) groups is 1. The first-order valence-corrected chi connectivity index (χ1v) is 10.7. The number of amides is 1. The highest BCUT2D eigenvalue weighted by molar-refractivity contribution is 6.03. The molecule has 0 radical (unpaired) electrons. The van der Waals surface area contributed by atoms with E-state index >= 15 is 0 Å². The molecule has 0 saturated heterocycles. The average molecular weight is 403 g/mol. The van der Waals surface area contributed by atoms with Crippen LogP contribution in [0.5, 0.6) is 0 Å². The maximum absolute atomic E-state index is 12.9. The Bertz CT molecular complexity index is 1080. The van der Waals surface area contributed by atoms with Crippen molar-refractivity contribution in [1.29, 1.82) is 0 Å². The number of rotatable bonds is 6. The van der Waals surface area contributed by atoms with E-state index in [9.17, 15) is 4.79 Å². The van der Waals surface area contributed by atoms with Gasteiger partial charge in [0.05, 0.1) is 0 Å². The molecule has 7 heteroatoms. The van der Waals surface area contributed by atoms with Crippen LogP contribution in [-0.4, -0.2) is 30.6 Å². The van der Waals surface area contributed by atoms with Crippen LogP contribution in [0.2, 0.25) is 0 Å². The lowest BCUT2D eigenvalue weighted by Gasteiger charge is -2.33.